The van der Waals surface area contributed by atoms with Gasteiger partial charge in [-0.05, 0) is 94.6 Å². The zero-order valence-electron chi connectivity index (χ0n) is 28.8. The van der Waals surface area contributed by atoms with E-state index in [-0.39, 0.29) is 31.3 Å². The van der Waals surface area contributed by atoms with E-state index in [9.17, 15) is 33.9 Å². The minimum atomic E-state index is -1.31. The number of hydrogen-bond donors (Lipinski definition) is 8. The number of amides is 4. The Kier molecular flexibility index (Phi) is 16.2. The second kappa shape index (κ2) is 20.5. The van der Waals surface area contributed by atoms with Crippen LogP contribution in [-0.2, 0) is 30.4 Å². The van der Waals surface area contributed by atoms with Crippen molar-refractivity contribution in [2.75, 3.05) is 18.4 Å². The molecule has 15 heteroatoms. The number of carbonyl (C=O) groups excluding carboxylic acids is 4. The number of nitrogens with one attached hydrogen (secondary N) is 4. The average molecular weight is 708 g/mol. The summed E-state index contributed by atoms with van der Waals surface area (Å²) in [4.78, 5) is 77.1. The van der Waals surface area contributed by atoms with Crippen LogP contribution in [0.2, 0.25) is 0 Å². The number of carboxylic acid groups (broad SMARTS) is 1. The van der Waals surface area contributed by atoms with Crippen LogP contribution in [-0.4, -0.2) is 72.0 Å². The van der Waals surface area contributed by atoms with E-state index in [0.29, 0.717) is 55.4 Å². The first kappa shape index (κ1) is 40.3. The summed E-state index contributed by atoms with van der Waals surface area (Å²) in [6.45, 7) is 2.49. The van der Waals surface area contributed by atoms with Gasteiger partial charge in [0.1, 0.15) is 23.7 Å². The minimum Gasteiger partial charge on any atom is -0.481 e. The Morgan fingerprint density at radius 1 is 0.745 bits per heavy atom. The monoisotopic (exact) mass is 707 g/mol. The molecule has 0 fully saturated rings. The standard InChI is InChI=1S/C36H49N7O8/c1-22-19-32(46)51-30-21-24(13-14-25(22)30)40-34(48)27(11-5-7-17-37)42-35(49)28(12-6-8-18-38)43-36(50)29(15-16-31(44)45)41-33(47)26(39)20-23-9-3-2-4-10-23/h2-4,9-10,13-14,19,21,26-29H,5-8,11-12,15-18,20,37-39H2,1H3,(H,40,48)(H,41,47)(H,42,49)(H,43,50)(H,44,45)/t26-,27-,28-,29-/m0/s1. The first-order valence-corrected chi connectivity index (χ1v) is 17.1. The Labute approximate surface area is 296 Å². The lowest BCUT2D eigenvalue weighted by Gasteiger charge is -2.26. The second-order valence-electron chi connectivity index (χ2n) is 12.4. The molecule has 1 heterocycles. The lowest BCUT2D eigenvalue weighted by molar-refractivity contribution is -0.138. The predicted octanol–water partition coefficient (Wildman–Crippen LogP) is 1.19. The maximum absolute atomic E-state index is 13.7. The molecule has 15 nitrogen and oxygen atoms in total. The van der Waals surface area contributed by atoms with Gasteiger partial charge in [-0.2, -0.15) is 0 Å². The predicted molar refractivity (Wildman–Crippen MR) is 192 cm³/mol. The van der Waals surface area contributed by atoms with Crippen molar-refractivity contribution >= 4 is 46.3 Å². The molecule has 2 aromatic carbocycles. The normalized spacial score (nSPS) is 13.4. The molecule has 0 saturated carbocycles. The number of nitrogens with two attached hydrogens (primary N) is 3. The van der Waals surface area contributed by atoms with Crippen molar-refractivity contribution in [1.29, 1.82) is 0 Å². The molecule has 0 saturated heterocycles. The van der Waals surface area contributed by atoms with Crippen LogP contribution in [0.25, 0.3) is 11.0 Å². The van der Waals surface area contributed by atoms with Crippen LogP contribution in [0.3, 0.4) is 0 Å². The van der Waals surface area contributed by atoms with Crippen LogP contribution in [0.4, 0.5) is 5.69 Å². The van der Waals surface area contributed by atoms with Crippen LogP contribution in [0.15, 0.2) is 63.8 Å². The van der Waals surface area contributed by atoms with Crippen molar-refractivity contribution in [3.8, 4) is 0 Å². The van der Waals surface area contributed by atoms with E-state index in [0.717, 1.165) is 5.56 Å². The highest BCUT2D eigenvalue weighted by atomic mass is 16.4. The number of rotatable bonds is 21. The zero-order valence-corrected chi connectivity index (χ0v) is 28.8. The molecule has 3 aromatic rings. The molecule has 1 aromatic heterocycles. The lowest BCUT2D eigenvalue weighted by atomic mass is 10.0. The van der Waals surface area contributed by atoms with Gasteiger partial charge in [0, 0.05) is 29.6 Å². The van der Waals surface area contributed by atoms with Gasteiger partial charge in [-0.25, -0.2) is 4.79 Å². The average Bonchev–Trinajstić information content (AvgIpc) is 3.09. The Morgan fingerprint density at radius 2 is 1.31 bits per heavy atom. The maximum atomic E-state index is 13.7. The fourth-order valence-electron chi connectivity index (χ4n) is 5.48. The first-order chi connectivity index (χ1) is 24.4. The molecule has 11 N–H and O–H groups in total. The van der Waals surface area contributed by atoms with Crippen LogP contribution in [0.1, 0.15) is 62.5 Å². The number of hydrogen-bond acceptors (Lipinski definition) is 10. The first-order valence-electron chi connectivity index (χ1n) is 17.1. The van der Waals surface area contributed by atoms with Crippen molar-refractivity contribution in [1.82, 2.24) is 16.0 Å². The number of benzene rings is 2. The Morgan fingerprint density at radius 3 is 1.90 bits per heavy atom. The van der Waals surface area contributed by atoms with Crippen molar-refractivity contribution in [2.45, 2.75) is 88.9 Å². The van der Waals surface area contributed by atoms with E-state index in [2.05, 4.69) is 21.3 Å². The molecule has 4 atom stereocenters. The van der Waals surface area contributed by atoms with Crippen LogP contribution >= 0.6 is 0 Å². The summed E-state index contributed by atoms with van der Waals surface area (Å²) in [7, 11) is 0. The number of fused-ring (bicyclic) bond motifs is 1. The summed E-state index contributed by atoms with van der Waals surface area (Å²) in [5, 5.41) is 20.7. The molecule has 0 aliphatic heterocycles. The van der Waals surface area contributed by atoms with Crippen LogP contribution in [0.5, 0.6) is 0 Å². The SMILES string of the molecule is Cc1cc(=O)oc2cc(NC(=O)[C@H](CCCCN)NC(=O)[C@H](CCCCN)NC(=O)[C@H](CCC(=O)O)NC(=O)[C@@H](N)Cc3ccccc3)ccc12. The van der Waals surface area contributed by atoms with Crippen LogP contribution < -0.4 is 44.1 Å². The summed E-state index contributed by atoms with van der Waals surface area (Å²) in [6, 6.07) is 10.8. The smallest absolute Gasteiger partial charge is 0.336 e. The molecule has 0 bridgehead atoms. The molecular formula is C36H49N7O8. The second-order valence-corrected chi connectivity index (χ2v) is 12.4. The number of carboxylic acids is 1. The van der Waals surface area contributed by atoms with E-state index in [4.69, 9.17) is 21.6 Å². The van der Waals surface area contributed by atoms with Crippen molar-refractivity contribution in [2.24, 2.45) is 17.2 Å². The zero-order chi connectivity index (χ0) is 37.3. The summed E-state index contributed by atoms with van der Waals surface area (Å²) in [5.74, 6) is -3.81. The topological polar surface area (TPSA) is 262 Å². The van der Waals surface area contributed by atoms with Gasteiger partial charge >= 0.3 is 11.6 Å². The molecule has 3 rings (SSSR count). The summed E-state index contributed by atoms with van der Waals surface area (Å²) in [5.41, 5.74) is 19.1. The van der Waals surface area contributed by atoms with Crippen molar-refractivity contribution < 1.29 is 33.5 Å². The fraction of sp³-hybridized carbons (Fsp3) is 0.444. The molecule has 0 aliphatic rings. The molecule has 0 radical (unpaired) electrons. The number of aliphatic carboxylic acids is 1. The highest BCUT2D eigenvalue weighted by Crippen LogP contribution is 2.21. The minimum absolute atomic E-state index is 0.155. The fourth-order valence-corrected chi connectivity index (χ4v) is 5.48. The third-order valence-electron chi connectivity index (χ3n) is 8.29. The summed E-state index contributed by atoms with van der Waals surface area (Å²) in [6.07, 6.45) is 1.99. The van der Waals surface area contributed by atoms with Gasteiger partial charge in [-0.1, -0.05) is 30.3 Å². The molecule has 0 unspecified atom stereocenters. The molecule has 0 aliphatic carbocycles. The quantitative estimate of drug-likeness (QED) is 0.0576. The Bertz CT molecular complexity index is 1700. The molecular weight excluding hydrogens is 658 g/mol. The van der Waals surface area contributed by atoms with Gasteiger partial charge in [0.2, 0.25) is 23.6 Å². The van der Waals surface area contributed by atoms with Gasteiger partial charge in [0.05, 0.1) is 6.04 Å². The molecule has 4 amide bonds. The lowest BCUT2D eigenvalue weighted by Crippen LogP contribution is -2.57. The van der Waals surface area contributed by atoms with Gasteiger partial charge in [0.25, 0.3) is 0 Å². The number of unbranched alkanes of at least 4 members (excludes halogenated alkanes) is 2. The maximum Gasteiger partial charge on any atom is 0.336 e. The van der Waals surface area contributed by atoms with Crippen molar-refractivity contribution in [3.63, 3.8) is 0 Å². The van der Waals surface area contributed by atoms with Crippen LogP contribution in [0, 0.1) is 6.92 Å². The Hall–Kier alpha value is -5.12. The van der Waals surface area contributed by atoms with E-state index in [1.165, 1.54) is 12.1 Å². The largest absolute Gasteiger partial charge is 0.481 e. The van der Waals surface area contributed by atoms with Gasteiger partial charge in [-0.3, -0.25) is 24.0 Å². The van der Waals surface area contributed by atoms with E-state index >= 15 is 0 Å². The number of aryl methyl sites for hydroxylation is 1. The highest BCUT2D eigenvalue weighted by Gasteiger charge is 2.30. The van der Waals surface area contributed by atoms with Gasteiger partial charge in [0.15, 0.2) is 0 Å². The van der Waals surface area contributed by atoms with E-state index < -0.39 is 65.8 Å². The molecule has 276 valence electrons. The highest BCUT2D eigenvalue weighted by molar-refractivity contribution is 6.00. The molecule has 0 spiro atoms. The third kappa shape index (κ3) is 13.3. The molecule has 51 heavy (non-hydrogen) atoms. The summed E-state index contributed by atoms with van der Waals surface area (Å²) < 4.78 is 5.29. The van der Waals surface area contributed by atoms with Gasteiger partial charge < -0.3 is 48.0 Å². The third-order valence-corrected chi connectivity index (χ3v) is 8.29. The Balaban J connectivity index is 1.78. The van der Waals surface area contributed by atoms with Crippen molar-refractivity contribution in [3.05, 3.63) is 76.1 Å². The number of anilines is 1. The number of carbonyl (C=O) groups is 5. The van der Waals surface area contributed by atoms with E-state index in [1.54, 1.807) is 43.3 Å². The van der Waals surface area contributed by atoms with Gasteiger partial charge in [-0.15, -0.1) is 0 Å². The summed E-state index contributed by atoms with van der Waals surface area (Å²) >= 11 is 0. The van der Waals surface area contributed by atoms with E-state index in [1.807, 2.05) is 6.07 Å².